The van der Waals surface area contributed by atoms with Gasteiger partial charge in [0.15, 0.2) is 11.6 Å². The molecule has 7 nitrogen and oxygen atoms in total. The summed E-state index contributed by atoms with van der Waals surface area (Å²) in [4.78, 5) is 20.1. The molecule has 0 saturated carbocycles. The third kappa shape index (κ3) is 4.17. The molecule has 26 heavy (non-hydrogen) atoms. The summed E-state index contributed by atoms with van der Waals surface area (Å²) in [5, 5.41) is 3.64. The first-order valence-corrected chi connectivity index (χ1v) is 7.86. The maximum atomic E-state index is 12.9. The van der Waals surface area contributed by atoms with Crippen molar-refractivity contribution < 1.29 is 9.18 Å². The molecule has 1 heterocycles. The smallest absolute Gasteiger partial charge is 0.269 e. The number of nitrogens with one attached hydrogen (secondary N) is 3. The summed E-state index contributed by atoms with van der Waals surface area (Å²) in [5.41, 5.74) is 12.3. The zero-order valence-corrected chi connectivity index (χ0v) is 14.1. The topological polar surface area (TPSA) is 105 Å². The lowest BCUT2D eigenvalue weighted by atomic mass is 10.2. The Hall–Kier alpha value is -3.39. The second-order valence-corrected chi connectivity index (χ2v) is 5.64. The summed E-state index contributed by atoms with van der Waals surface area (Å²) < 4.78 is 12.9. The highest BCUT2D eigenvalue weighted by Gasteiger charge is 2.10. The zero-order valence-electron chi connectivity index (χ0n) is 13.3. The number of anilines is 4. The van der Waals surface area contributed by atoms with Gasteiger partial charge in [0.2, 0.25) is 0 Å². The SMILES string of the molecule is Nc1c(NNC(=O)c2ccc(F)cc2)ncnc1Nc1ccc(Cl)cc1. The van der Waals surface area contributed by atoms with Crippen molar-refractivity contribution in [2.75, 3.05) is 16.5 Å². The lowest BCUT2D eigenvalue weighted by molar-refractivity contribution is 0.0962. The number of nitrogen functional groups attached to an aromatic ring is 1. The largest absolute Gasteiger partial charge is 0.393 e. The Balaban J connectivity index is 1.69. The first-order chi connectivity index (χ1) is 12.5. The van der Waals surface area contributed by atoms with Crippen LogP contribution in [0.2, 0.25) is 5.02 Å². The number of carbonyl (C=O) groups excluding carboxylic acids is 1. The molecule has 132 valence electrons. The number of carbonyl (C=O) groups is 1. The summed E-state index contributed by atoms with van der Waals surface area (Å²) in [6, 6.07) is 12.1. The quantitative estimate of drug-likeness (QED) is 0.512. The predicted molar refractivity (Wildman–Crippen MR) is 98.7 cm³/mol. The molecule has 0 aliphatic rings. The van der Waals surface area contributed by atoms with Gasteiger partial charge in [0.1, 0.15) is 17.8 Å². The summed E-state index contributed by atoms with van der Waals surface area (Å²) in [6.07, 6.45) is 1.29. The number of hydrogen-bond acceptors (Lipinski definition) is 6. The molecule has 3 aromatic rings. The summed E-state index contributed by atoms with van der Waals surface area (Å²) in [6.45, 7) is 0. The highest BCUT2D eigenvalue weighted by atomic mass is 35.5. The number of halogens is 2. The Morgan fingerprint density at radius 1 is 1.00 bits per heavy atom. The minimum absolute atomic E-state index is 0.210. The van der Waals surface area contributed by atoms with Crippen LogP contribution in [0.25, 0.3) is 0 Å². The molecule has 0 bridgehead atoms. The Bertz CT molecular complexity index is 918. The molecular formula is C17H14ClFN6O. The number of hydrogen-bond donors (Lipinski definition) is 4. The van der Waals surface area contributed by atoms with E-state index in [4.69, 9.17) is 17.3 Å². The van der Waals surface area contributed by atoms with Crippen molar-refractivity contribution in [3.63, 3.8) is 0 Å². The van der Waals surface area contributed by atoms with E-state index < -0.39 is 11.7 Å². The molecule has 1 amide bonds. The van der Waals surface area contributed by atoms with E-state index in [2.05, 4.69) is 26.1 Å². The van der Waals surface area contributed by atoms with Crippen LogP contribution in [0.1, 0.15) is 10.4 Å². The lowest BCUT2D eigenvalue weighted by Gasteiger charge is -2.13. The van der Waals surface area contributed by atoms with Crippen LogP contribution in [-0.2, 0) is 0 Å². The van der Waals surface area contributed by atoms with Crippen LogP contribution in [0, 0.1) is 5.82 Å². The zero-order chi connectivity index (χ0) is 18.5. The highest BCUT2D eigenvalue weighted by Crippen LogP contribution is 2.25. The first kappa shape index (κ1) is 17.4. The van der Waals surface area contributed by atoms with Gasteiger partial charge in [-0.15, -0.1) is 0 Å². The first-order valence-electron chi connectivity index (χ1n) is 7.48. The van der Waals surface area contributed by atoms with Crippen LogP contribution in [-0.4, -0.2) is 15.9 Å². The van der Waals surface area contributed by atoms with Crippen molar-refractivity contribution in [3.05, 3.63) is 71.3 Å². The number of hydrazine groups is 1. The standard InChI is InChI=1S/C17H14ClFN6O/c18-11-3-7-13(8-4-11)23-15-14(20)16(22-9-21-15)24-25-17(26)10-1-5-12(19)6-2-10/h1-9H,20H2,(H,25,26)(H2,21,22,23,24). The van der Waals surface area contributed by atoms with E-state index in [-0.39, 0.29) is 17.1 Å². The van der Waals surface area contributed by atoms with Crippen LogP contribution in [0.15, 0.2) is 54.9 Å². The fourth-order valence-electron chi connectivity index (χ4n) is 2.05. The molecule has 0 fully saturated rings. The molecule has 0 aliphatic carbocycles. The van der Waals surface area contributed by atoms with E-state index in [1.165, 1.54) is 30.6 Å². The van der Waals surface area contributed by atoms with Gasteiger partial charge in [-0.3, -0.25) is 15.6 Å². The number of nitrogens with zero attached hydrogens (tertiary/aromatic N) is 2. The Morgan fingerprint density at radius 2 is 1.65 bits per heavy atom. The third-order valence-electron chi connectivity index (χ3n) is 3.39. The summed E-state index contributed by atoms with van der Waals surface area (Å²) in [7, 11) is 0. The fourth-order valence-corrected chi connectivity index (χ4v) is 2.18. The predicted octanol–water partition coefficient (Wildman–Crippen LogP) is 3.35. The number of nitrogens with two attached hydrogens (primary N) is 1. The Morgan fingerprint density at radius 3 is 2.35 bits per heavy atom. The molecule has 2 aromatic carbocycles. The molecule has 0 atom stereocenters. The van der Waals surface area contributed by atoms with Crippen molar-refractivity contribution in [3.8, 4) is 0 Å². The number of amides is 1. The van der Waals surface area contributed by atoms with Gasteiger partial charge in [-0.2, -0.15) is 0 Å². The van der Waals surface area contributed by atoms with Gasteiger partial charge in [0, 0.05) is 16.3 Å². The monoisotopic (exact) mass is 372 g/mol. The van der Waals surface area contributed by atoms with Crippen molar-refractivity contribution in [1.82, 2.24) is 15.4 Å². The molecule has 0 spiro atoms. The van der Waals surface area contributed by atoms with Crippen LogP contribution in [0.5, 0.6) is 0 Å². The molecule has 0 unspecified atom stereocenters. The second-order valence-electron chi connectivity index (χ2n) is 5.20. The van der Waals surface area contributed by atoms with Gasteiger partial charge in [-0.1, -0.05) is 11.6 Å². The fraction of sp³-hybridized carbons (Fsp3) is 0. The molecule has 0 aliphatic heterocycles. The maximum Gasteiger partial charge on any atom is 0.269 e. The molecular weight excluding hydrogens is 359 g/mol. The van der Waals surface area contributed by atoms with Crippen LogP contribution in [0.4, 0.5) is 27.4 Å². The molecule has 3 rings (SSSR count). The van der Waals surface area contributed by atoms with E-state index in [0.717, 1.165) is 5.69 Å². The van der Waals surface area contributed by atoms with Crippen molar-refractivity contribution in [2.24, 2.45) is 0 Å². The van der Waals surface area contributed by atoms with E-state index in [1.807, 2.05) is 0 Å². The van der Waals surface area contributed by atoms with Gasteiger partial charge in [-0.25, -0.2) is 14.4 Å². The minimum Gasteiger partial charge on any atom is -0.393 e. The van der Waals surface area contributed by atoms with E-state index in [9.17, 15) is 9.18 Å². The van der Waals surface area contributed by atoms with Crippen molar-refractivity contribution in [1.29, 1.82) is 0 Å². The van der Waals surface area contributed by atoms with E-state index in [0.29, 0.717) is 10.8 Å². The Labute approximate surface area is 153 Å². The van der Waals surface area contributed by atoms with Gasteiger partial charge in [0.05, 0.1) is 0 Å². The average molecular weight is 373 g/mol. The molecule has 5 N–H and O–H groups in total. The maximum absolute atomic E-state index is 12.9. The third-order valence-corrected chi connectivity index (χ3v) is 3.64. The number of benzene rings is 2. The molecule has 0 radical (unpaired) electrons. The molecule has 9 heteroatoms. The van der Waals surface area contributed by atoms with Gasteiger partial charge < -0.3 is 11.1 Å². The summed E-state index contributed by atoms with van der Waals surface area (Å²) in [5.74, 6) is -0.310. The second kappa shape index (κ2) is 7.66. The minimum atomic E-state index is -0.463. The molecule has 0 saturated heterocycles. The van der Waals surface area contributed by atoms with Gasteiger partial charge >= 0.3 is 0 Å². The highest BCUT2D eigenvalue weighted by molar-refractivity contribution is 6.30. The van der Waals surface area contributed by atoms with Crippen molar-refractivity contribution >= 4 is 40.5 Å². The van der Waals surface area contributed by atoms with Crippen LogP contribution in [0.3, 0.4) is 0 Å². The lowest BCUT2D eigenvalue weighted by Crippen LogP contribution is -2.30. The number of rotatable bonds is 5. The van der Waals surface area contributed by atoms with Crippen LogP contribution < -0.4 is 21.9 Å². The van der Waals surface area contributed by atoms with Gasteiger partial charge in [-0.05, 0) is 48.5 Å². The van der Waals surface area contributed by atoms with Crippen molar-refractivity contribution in [2.45, 2.75) is 0 Å². The Kier molecular flexibility index (Phi) is 5.14. The number of aromatic nitrogens is 2. The van der Waals surface area contributed by atoms with Crippen LogP contribution >= 0.6 is 11.6 Å². The van der Waals surface area contributed by atoms with Gasteiger partial charge in [0.25, 0.3) is 5.91 Å². The molecule has 1 aromatic heterocycles. The summed E-state index contributed by atoms with van der Waals surface area (Å²) >= 11 is 5.85. The van der Waals surface area contributed by atoms with E-state index >= 15 is 0 Å². The van der Waals surface area contributed by atoms with E-state index in [1.54, 1.807) is 24.3 Å². The normalized spacial score (nSPS) is 10.2. The average Bonchev–Trinajstić information content (AvgIpc) is 2.64.